The Labute approximate surface area is 118 Å². The summed E-state index contributed by atoms with van der Waals surface area (Å²) < 4.78 is 22.7. The van der Waals surface area contributed by atoms with Gasteiger partial charge in [0.2, 0.25) is 0 Å². The molecule has 0 radical (unpaired) electrons. The third kappa shape index (κ3) is 2.98. The summed E-state index contributed by atoms with van der Waals surface area (Å²) in [7, 11) is -3.52. The number of ketones is 1. The van der Waals surface area contributed by atoms with Crippen molar-refractivity contribution in [3.8, 4) is 0 Å². The van der Waals surface area contributed by atoms with E-state index in [-0.39, 0.29) is 6.42 Å². The lowest BCUT2D eigenvalue weighted by atomic mass is 10.1. The summed E-state index contributed by atoms with van der Waals surface area (Å²) >= 11 is 6.34. The van der Waals surface area contributed by atoms with Crippen LogP contribution in [-0.2, 0) is 9.84 Å². The fourth-order valence-electron chi connectivity index (χ4n) is 1.41. The van der Waals surface area contributed by atoms with Gasteiger partial charge in [0.25, 0.3) is 0 Å². The number of halogens is 2. The number of sulfone groups is 1. The number of carbonyl (C=O) groups is 1. The van der Waals surface area contributed by atoms with Crippen molar-refractivity contribution >= 4 is 47.5 Å². The Kier molecular flexibility index (Phi) is 4.54. The second-order valence-electron chi connectivity index (χ2n) is 3.69. The van der Waals surface area contributed by atoms with Crippen LogP contribution in [0.3, 0.4) is 0 Å². The maximum absolute atomic E-state index is 12.2. The van der Waals surface area contributed by atoms with Crippen LogP contribution in [0.5, 0.6) is 0 Å². The quantitative estimate of drug-likeness (QED) is 0.592. The number of rotatable bonds is 4. The van der Waals surface area contributed by atoms with Crippen LogP contribution in [0.1, 0.15) is 23.7 Å². The summed E-state index contributed by atoms with van der Waals surface area (Å²) in [5, 5.41) is 0. The second kappa shape index (κ2) is 5.20. The molecule has 3 nitrogen and oxygen atoms in total. The van der Waals surface area contributed by atoms with Crippen molar-refractivity contribution in [2.45, 2.75) is 17.0 Å². The Bertz CT molecular complexity index is 522. The van der Waals surface area contributed by atoms with Crippen LogP contribution >= 0.6 is 31.9 Å². The normalized spacial score (nSPS) is 15.3. The van der Waals surface area contributed by atoms with Gasteiger partial charge >= 0.3 is 0 Å². The smallest absolute Gasteiger partial charge is 0.194 e. The first-order chi connectivity index (χ1) is 7.72. The molecule has 0 bridgehead atoms. The molecule has 1 aromatic rings. The molecule has 0 saturated heterocycles. The SMILES string of the molecule is CC[C@@](Br)(C(=O)c1ccc(Br)cc1)S(C)(=O)=O. The Morgan fingerprint density at radius 3 is 2.12 bits per heavy atom. The first-order valence-electron chi connectivity index (χ1n) is 4.91. The topological polar surface area (TPSA) is 51.2 Å². The molecule has 0 aliphatic rings. The lowest BCUT2D eigenvalue weighted by Gasteiger charge is -2.22. The maximum atomic E-state index is 12.2. The Morgan fingerprint density at radius 1 is 1.29 bits per heavy atom. The van der Waals surface area contributed by atoms with Gasteiger partial charge in [-0.2, -0.15) is 0 Å². The zero-order chi connectivity index (χ0) is 13.3. The molecule has 0 aliphatic carbocycles. The van der Waals surface area contributed by atoms with Crippen molar-refractivity contribution in [1.82, 2.24) is 0 Å². The number of carbonyl (C=O) groups excluding carboxylic acids is 1. The summed E-state index contributed by atoms with van der Waals surface area (Å²) in [6.07, 6.45) is 1.24. The van der Waals surface area contributed by atoms with Gasteiger partial charge < -0.3 is 0 Å². The Hall–Kier alpha value is -0.200. The van der Waals surface area contributed by atoms with E-state index in [1.807, 2.05) is 0 Å². The van der Waals surface area contributed by atoms with Gasteiger partial charge in [-0.3, -0.25) is 4.79 Å². The number of Topliss-reactive ketones (excluding diaryl/α,β-unsaturated/α-hetero) is 1. The van der Waals surface area contributed by atoms with E-state index in [0.29, 0.717) is 5.56 Å². The molecule has 0 aliphatic heterocycles. The summed E-state index contributed by atoms with van der Waals surface area (Å²) in [5.74, 6) is -0.435. The second-order valence-corrected chi connectivity index (χ2v) is 8.73. The van der Waals surface area contributed by atoms with Gasteiger partial charge in [0.1, 0.15) is 0 Å². The molecule has 0 N–H and O–H groups in total. The molecule has 0 heterocycles. The van der Waals surface area contributed by atoms with Crippen LogP contribution in [0.4, 0.5) is 0 Å². The highest BCUT2D eigenvalue weighted by Crippen LogP contribution is 2.33. The number of hydrogen-bond acceptors (Lipinski definition) is 3. The molecule has 1 atom stereocenters. The van der Waals surface area contributed by atoms with Crippen molar-refractivity contribution in [3.63, 3.8) is 0 Å². The van der Waals surface area contributed by atoms with Gasteiger partial charge in [-0.25, -0.2) is 8.42 Å². The molecular weight excluding hydrogens is 372 g/mol. The van der Waals surface area contributed by atoms with Gasteiger partial charge in [0.15, 0.2) is 19.3 Å². The molecular formula is C11H12Br2O3S. The summed E-state index contributed by atoms with van der Waals surface area (Å²) in [4.78, 5) is 12.2. The van der Waals surface area contributed by atoms with E-state index in [2.05, 4.69) is 31.9 Å². The van der Waals surface area contributed by atoms with Gasteiger partial charge in [-0.15, -0.1) is 0 Å². The molecule has 0 aromatic heterocycles. The third-order valence-electron chi connectivity index (χ3n) is 2.49. The summed E-state index contributed by atoms with van der Waals surface area (Å²) in [5.41, 5.74) is 0.373. The fourth-order valence-corrected chi connectivity index (χ4v) is 2.88. The van der Waals surface area contributed by atoms with Crippen molar-refractivity contribution in [2.75, 3.05) is 6.26 Å². The van der Waals surface area contributed by atoms with E-state index in [9.17, 15) is 13.2 Å². The van der Waals surface area contributed by atoms with Crippen LogP contribution in [0, 0.1) is 0 Å². The fraction of sp³-hybridized carbons (Fsp3) is 0.364. The van der Waals surface area contributed by atoms with Crippen LogP contribution in [0.15, 0.2) is 28.7 Å². The zero-order valence-electron chi connectivity index (χ0n) is 9.41. The van der Waals surface area contributed by atoms with Crippen molar-refractivity contribution in [2.24, 2.45) is 0 Å². The van der Waals surface area contributed by atoms with E-state index in [1.165, 1.54) is 0 Å². The van der Waals surface area contributed by atoms with E-state index in [4.69, 9.17) is 0 Å². The van der Waals surface area contributed by atoms with Gasteiger partial charge in [-0.05, 0) is 18.6 Å². The van der Waals surface area contributed by atoms with E-state index in [0.717, 1.165) is 10.7 Å². The zero-order valence-corrected chi connectivity index (χ0v) is 13.4. The highest BCUT2D eigenvalue weighted by molar-refractivity contribution is 9.12. The largest absolute Gasteiger partial charge is 0.291 e. The average Bonchev–Trinajstić information content (AvgIpc) is 2.26. The Balaban J connectivity index is 3.24. The first kappa shape index (κ1) is 14.9. The monoisotopic (exact) mass is 382 g/mol. The van der Waals surface area contributed by atoms with Crippen LogP contribution in [0.25, 0.3) is 0 Å². The van der Waals surface area contributed by atoms with Crippen LogP contribution < -0.4 is 0 Å². The van der Waals surface area contributed by atoms with Crippen molar-refractivity contribution in [3.05, 3.63) is 34.3 Å². The van der Waals surface area contributed by atoms with Crippen LogP contribution in [-0.4, -0.2) is 24.1 Å². The summed E-state index contributed by atoms with van der Waals surface area (Å²) in [6, 6.07) is 6.61. The van der Waals surface area contributed by atoms with Gasteiger partial charge in [-0.1, -0.05) is 50.9 Å². The Morgan fingerprint density at radius 2 is 1.76 bits per heavy atom. The number of benzene rings is 1. The predicted molar refractivity (Wildman–Crippen MR) is 75.3 cm³/mol. The molecule has 1 rings (SSSR count). The molecule has 6 heteroatoms. The standard InChI is InChI=1S/C11H12Br2O3S/c1-3-11(13,17(2,15)16)10(14)8-4-6-9(12)7-5-8/h4-7H,3H2,1-2H3/t11-/m0/s1. The van der Waals surface area contributed by atoms with E-state index < -0.39 is 19.3 Å². The van der Waals surface area contributed by atoms with Gasteiger partial charge in [0.05, 0.1) is 0 Å². The highest BCUT2D eigenvalue weighted by atomic mass is 79.9. The number of hydrogen-bond donors (Lipinski definition) is 0. The molecule has 0 saturated carbocycles. The first-order valence-corrected chi connectivity index (χ1v) is 8.39. The minimum atomic E-state index is -3.52. The van der Waals surface area contributed by atoms with E-state index >= 15 is 0 Å². The lowest BCUT2D eigenvalue weighted by Crippen LogP contribution is -2.39. The molecule has 0 fully saturated rings. The minimum absolute atomic E-state index is 0.181. The minimum Gasteiger partial charge on any atom is -0.291 e. The molecule has 94 valence electrons. The lowest BCUT2D eigenvalue weighted by molar-refractivity contribution is 0.0976. The predicted octanol–water partition coefficient (Wildman–Crippen LogP) is 3.18. The van der Waals surface area contributed by atoms with Crippen LogP contribution in [0.2, 0.25) is 0 Å². The molecule has 0 unspecified atom stereocenters. The summed E-state index contributed by atoms with van der Waals surface area (Å²) in [6.45, 7) is 1.66. The number of alkyl halides is 1. The van der Waals surface area contributed by atoms with Crippen molar-refractivity contribution < 1.29 is 13.2 Å². The van der Waals surface area contributed by atoms with Gasteiger partial charge in [0, 0.05) is 16.3 Å². The highest BCUT2D eigenvalue weighted by Gasteiger charge is 2.44. The maximum Gasteiger partial charge on any atom is 0.194 e. The average molecular weight is 384 g/mol. The molecule has 0 spiro atoms. The van der Waals surface area contributed by atoms with E-state index in [1.54, 1.807) is 31.2 Å². The molecule has 0 amide bonds. The van der Waals surface area contributed by atoms with Crippen molar-refractivity contribution in [1.29, 1.82) is 0 Å². The molecule has 17 heavy (non-hydrogen) atoms. The molecule has 1 aromatic carbocycles. The third-order valence-corrected chi connectivity index (χ3v) is 7.35.